The second kappa shape index (κ2) is 5.47. The molecular formula is C16H14ClN3. The Morgan fingerprint density at radius 3 is 2.70 bits per heavy atom. The third-order valence-electron chi connectivity index (χ3n) is 3.22. The molecule has 1 heterocycles. The lowest BCUT2D eigenvalue weighted by atomic mass is 10.0. The lowest BCUT2D eigenvalue weighted by Crippen LogP contribution is -2.14. The van der Waals surface area contributed by atoms with Gasteiger partial charge in [0, 0.05) is 28.9 Å². The van der Waals surface area contributed by atoms with E-state index in [4.69, 9.17) is 16.6 Å². The highest BCUT2D eigenvalue weighted by atomic mass is 35.5. The zero-order valence-corrected chi connectivity index (χ0v) is 11.9. The standard InChI is InChI=1S/C16H14ClN3/c1-18-15-10-19-16(11-5-3-2-4-6-11)13-9-12(17)7-8-14(13)20-15/h2-9H,10H2,1H3,(H,18,20). The monoisotopic (exact) mass is 283 g/mol. The van der Waals surface area contributed by atoms with E-state index >= 15 is 0 Å². The van der Waals surface area contributed by atoms with Crippen LogP contribution in [0, 0.1) is 0 Å². The van der Waals surface area contributed by atoms with Gasteiger partial charge in [0.15, 0.2) is 0 Å². The van der Waals surface area contributed by atoms with Crippen LogP contribution in [0.25, 0.3) is 0 Å². The lowest BCUT2D eigenvalue weighted by molar-refractivity contribution is 1.26. The van der Waals surface area contributed by atoms with Gasteiger partial charge in [0.2, 0.25) is 0 Å². The van der Waals surface area contributed by atoms with Crippen molar-refractivity contribution in [3.63, 3.8) is 0 Å². The van der Waals surface area contributed by atoms with Crippen molar-refractivity contribution in [1.82, 2.24) is 0 Å². The average molecular weight is 284 g/mol. The normalized spacial score (nSPS) is 16.1. The van der Waals surface area contributed by atoms with Crippen molar-refractivity contribution in [2.75, 3.05) is 18.9 Å². The van der Waals surface area contributed by atoms with Crippen LogP contribution in [0.5, 0.6) is 0 Å². The molecule has 0 amide bonds. The van der Waals surface area contributed by atoms with E-state index in [0.717, 1.165) is 28.4 Å². The maximum absolute atomic E-state index is 6.14. The van der Waals surface area contributed by atoms with E-state index in [1.807, 2.05) is 36.4 Å². The Balaban J connectivity index is 2.19. The largest absolute Gasteiger partial charge is 0.342 e. The second-order valence-electron chi connectivity index (χ2n) is 4.52. The van der Waals surface area contributed by atoms with Gasteiger partial charge >= 0.3 is 0 Å². The van der Waals surface area contributed by atoms with Gasteiger partial charge in [-0.05, 0) is 18.2 Å². The Hall–Kier alpha value is -2.13. The lowest BCUT2D eigenvalue weighted by Gasteiger charge is -2.11. The predicted molar refractivity (Wildman–Crippen MR) is 85.4 cm³/mol. The van der Waals surface area contributed by atoms with Gasteiger partial charge in [-0.3, -0.25) is 9.98 Å². The van der Waals surface area contributed by atoms with Gasteiger partial charge in [0.1, 0.15) is 5.84 Å². The number of hydrogen-bond donors (Lipinski definition) is 1. The van der Waals surface area contributed by atoms with Gasteiger partial charge in [0.25, 0.3) is 0 Å². The van der Waals surface area contributed by atoms with Crippen molar-refractivity contribution in [3.05, 3.63) is 64.7 Å². The van der Waals surface area contributed by atoms with Crippen LogP contribution < -0.4 is 5.32 Å². The molecule has 0 unspecified atom stereocenters. The molecule has 4 heteroatoms. The number of aliphatic imine (C=N–C) groups is 2. The van der Waals surface area contributed by atoms with Crippen molar-refractivity contribution >= 4 is 28.8 Å². The van der Waals surface area contributed by atoms with Crippen LogP contribution in [-0.2, 0) is 0 Å². The molecule has 100 valence electrons. The molecule has 0 aliphatic carbocycles. The summed E-state index contributed by atoms with van der Waals surface area (Å²) in [4.78, 5) is 8.92. The smallest absolute Gasteiger partial charge is 0.122 e. The summed E-state index contributed by atoms with van der Waals surface area (Å²) in [5.74, 6) is 0.847. The summed E-state index contributed by atoms with van der Waals surface area (Å²) in [7, 11) is 1.76. The van der Waals surface area contributed by atoms with Gasteiger partial charge in [-0.25, -0.2) is 0 Å². The quantitative estimate of drug-likeness (QED) is 0.852. The number of benzene rings is 2. The third-order valence-corrected chi connectivity index (χ3v) is 3.45. The number of nitrogens with zero attached hydrogens (tertiary/aromatic N) is 2. The van der Waals surface area contributed by atoms with Crippen molar-refractivity contribution in [3.8, 4) is 0 Å². The molecular weight excluding hydrogens is 270 g/mol. The fourth-order valence-electron chi connectivity index (χ4n) is 2.22. The minimum Gasteiger partial charge on any atom is -0.342 e. The topological polar surface area (TPSA) is 36.8 Å². The first kappa shape index (κ1) is 12.9. The molecule has 0 fully saturated rings. The SMILES string of the molecule is CN=C1CN=C(c2ccccc2)c2cc(Cl)ccc2N1. The zero-order valence-electron chi connectivity index (χ0n) is 11.1. The van der Waals surface area contributed by atoms with Crippen LogP contribution in [0.2, 0.25) is 5.02 Å². The Morgan fingerprint density at radius 1 is 1.15 bits per heavy atom. The van der Waals surface area contributed by atoms with E-state index in [2.05, 4.69) is 22.4 Å². The molecule has 0 aromatic heterocycles. The molecule has 0 spiro atoms. The second-order valence-corrected chi connectivity index (χ2v) is 4.95. The van der Waals surface area contributed by atoms with Crippen LogP contribution >= 0.6 is 11.6 Å². The van der Waals surface area contributed by atoms with Crippen LogP contribution in [0.1, 0.15) is 11.1 Å². The summed E-state index contributed by atoms with van der Waals surface area (Å²) < 4.78 is 0. The maximum atomic E-state index is 6.14. The van der Waals surface area contributed by atoms with Gasteiger partial charge in [-0.1, -0.05) is 41.9 Å². The summed E-state index contributed by atoms with van der Waals surface area (Å²) >= 11 is 6.14. The third kappa shape index (κ3) is 2.45. The number of hydrogen-bond acceptors (Lipinski definition) is 2. The minimum absolute atomic E-state index is 0.535. The highest BCUT2D eigenvalue weighted by Gasteiger charge is 2.16. The summed E-state index contributed by atoms with van der Waals surface area (Å²) in [5.41, 5.74) is 4.00. The van der Waals surface area contributed by atoms with E-state index in [9.17, 15) is 0 Å². The number of fused-ring (bicyclic) bond motifs is 1. The first-order valence-corrected chi connectivity index (χ1v) is 6.78. The van der Waals surface area contributed by atoms with Crippen LogP contribution in [0.15, 0.2) is 58.5 Å². The van der Waals surface area contributed by atoms with Crippen molar-refractivity contribution < 1.29 is 0 Å². The maximum Gasteiger partial charge on any atom is 0.122 e. The molecule has 0 saturated carbocycles. The molecule has 2 aromatic carbocycles. The van der Waals surface area contributed by atoms with E-state index in [1.165, 1.54) is 0 Å². The minimum atomic E-state index is 0.535. The first-order chi connectivity index (χ1) is 9.78. The molecule has 1 aliphatic rings. The summed E-state index contributed by atoms with van der Waals surface area (Å²) in [6, 6.07) is 15.9. The van der Waals surface area contributed by atoms with E-state index in [-0.39, 0.29) is 0 Å². The molecule has 0 saturated heterocycles. The molecule has 20 heavy (non-hydrogen) atoms. The fraction of sp³-hybridized carbons (Fsp3) is 0.125. The summed E-state index contributed by atoms with van der Waals surface area (Å²) in [6.45, 7) is 0.535. The summed E-state index contributed by atoms with van der Waals surface area (Å²) in [5, 5.41) is 4.01. The van der Waals surface area contributed by atoms with Gasteiger partial charge in [-0.15, -0.1) is 0 Å². The van der Waals surface area contributed by atoms with E-state index in [1.54, 1.807) is 7.05 Å². The molecule has 2 aromatic rings. The molecule has 1 aliphatic heterocycles. The molecule has 3 nitrogen and oxygen atoms in total. The van der Waals surface area contributed by atoms with Crippen LogP contribution in [0.4, 0.5) is 5.69 Å². The Kier molecular flexibility index (Phi) is 3.52. The number of benzodiazepines with no additional fused rings is 1. The van der Waals surface area contributed by atoms with Crippen LogP contribution in [0.3, 0.4) is 0 Å². The van der Waals surface area contributed by atoms with Crippen molar-refractivity contribution in [2.24, 2.45) is 9.98 Å². The highest BCUT2D eigenvalue weighted by molar-refractivity contribution is 6.32. The Labute approximate surface area is 123 Å². The number of halogens is 1. The first-order valence-electron chi connectivity index (χ1n) is 6.40. The average Bonchev–Trinajstić information content (AvgIpc) is 2.67. The highest BCUT2D eigenvalue weighted by Crippen LogP contribution is 2.26. The molecule has 3 rings (SSSR count). The number of anilines is 1. The van der Waals surface area contributed by atoms with Crippen molar-refractivity contribution in [1.29, 1.82) is 0 Å². The Morgan fingerprint density at radius 2 is 1.95 bits per heavy atom. The molecule has 0 bridgehead atoms. The number of rotatable bonds is 1. The summed E-state index contributed by atoms with van der Waals surface area (Å²) in [6.07, 6.45) is 0. The van der Waals surface area contributed by atoms with Crippen LogP contribution in [-0.4, -0.2) is 25.1 Å². The fourth-order valence-corrected chi connectivity index (χ4v) is 2.40. The number of amidine groups is 1. The predicted octanol–water partition coefficient (Wildman–Crippen LogP) is 3.63. The van der Waals surface area contributed by atoms with Gasteiger partial charge in [0.05, 0.1) is 12.3 Å². The number of nitrogens with one attached hydrogen (secondary N) is 1. The molecule has 1 N–H and O–H groups in total. The van der Waals surface area contributed by atoms with Gasteiger partial charge in [-0.2, -0.15) is 0 Å². The molecule has 0 radical (unpaired) electrons. The molecule has 0 atom stereocenters. The Bertz CT molecular complexity index is 690. The van der Waals surface area contributed by atoms with Gasteiger partial charge < -0.3 is 5.32 Å². The van der Waals surface area contributed by atoms with Crippen molar-refractivity contribution in [2.45, 2.75) is 0 Å². The van der Waals surface area contributed by atoms with E-state index in [0.29, 0.717) is 11.6 Å². The van der Waals surface area contributed by atoms with E-state index < -0.39 is 0 Å². The zero-order chi connectivity index (χ0) is 13.9.